The Morgan fingerprint density at radius 2 is 2.05 bits per heavy atom. The topological polar surface area (TPSA) is 46.2 Å². The first kappa shape index (κ1) is 13.1. The summed E-state index contributed by atoms with van der Waals surface area (Å²) in [6, 6.07) is 3.87. The van der Waals surface area contributed by atoms with Crippen LogP contribution in [0.4, 0.5) is 4.39 Å². The average Bonchev–Trinajstić information content (AvgIpc) is 2.89. The van der Waals surface area contributed by atoms with Crippen LogP contribution in [0, 0.1) is 24.6 Å². The quantitative estimate of drug-likeness (QED) is 0.927. The molecule has 19 heavy (non-hydrogen) atoms. The number of nitrogens with one attached hydrogen (secondary N) is 1. The van der Waals surface area contributed by atoms with Crippen LogP contribution in [-0.4, -0.2) is 14.5 Å². The summed E-state index contributed by atoms with van der Waals surface area (Å²) in [6.07, 6.45) is 4.46. The third kappa shape index (κ3) is 2.41. The number of sulfonamides is 1. The molecule has 2 saturated carbocycles. The van der Waals surface area contributed by atoms with Crippen molar-refractivity contribution in [1.29, 1.82) is 0 Å². The average molecular weight is 283 g/mol. The van der Waals surface area contributed by atoms with E-state index in [0.29, 0.717) is 17.4 Å². The van der Waals surface area contributed by atoms with Crippen LogP contribution in [0.25, 0.3) is 0 Å². The number of hydrogen-bond acceptors (Lipinski definition) is 2. The van der Waals surface area contributed by atoms with E-state index < -0.39 is 15.8 Å². The fourth-order valence-electron chi connectivity index (χ4n) is 3.57. The summed E-state index contributed by atoms with van der Waals surface area (Å²) in [4.78, 5) is 0.191. The highest BCUT2D eigenvalue weighted by Crippen LogP contribution is 2.44. The molecule has 0 amide bonds. The van der Waals surface area contributed by atoms with E-state index in [4.69, 9.17) is 0 Å². The molecule has 104 valence electrons. The lowest BCUT2D eigenvalue weighted by Crippen LogP contribution is -2.38. The first-order chi connectivity index (χ1) is 8.95. The van der Waals surface area contributed by atoms with Crippen LogP contribution in [0.2, 0.25) is 0 Å². The molecule has 3 nitrogen and oxygen atoms in total. The Morgan fingerprint density at radius 3 is 2.63 bits per heavy atom. The van der Waals surface area contributed by atoms with Gasteiger partial charge in [0.2, 0.25) is 10.0 Å². The van der Waals surface area contributed by atoms with Gasteiger partial charge in [-0.1, -0.05) is 6.42 Å². The zero-order valence-corrected chi connectivity index (χ0v) is 11.7. The zero-order valence-electron chi connectivity index (χ0n) is 10.9. The fourth-order valence-corrected chi connectivity index (χ4v) is 5.11. The molecule has 2 fully saturated rings. The predicted octanol–water partition coefficient (Wildman–Crippen LogP) is 2.60. The van der Waals surface area contributed by atoms with Crippen LogP contribution < -0.4 is 4.72 Å². The smallest absolute Gasteiger partial charge is 0.208 e. The number of fused-ring (bicyclic) bond motifs is 2. The van der Waals surface area contributed by atoms with Crippen molar-refractivity contribution in [2.24, 2.45) is 11.8 Å². The van der Waals surface area contributed by atoms with Gasteiger partial charge in [0.25, 0.3) is 0 Å². The van der Waals surface area contributed by atoms with E-state index in [2.05, 4.69) is 4.72 Å². The van der Waals surface area contributed by atoms with Crippen molar-refractivity contribution in [2.75, 3.05) is 0 Å². The summed E-state index contributed by atoms with van der Waals surface area (Å²) in [5.41, 5.74) is 0.454. The van der Waals surface area contributed by atoms with Crippen LogP contribution in [0.3, 0.4) is 0 Å². The van der Waals surface area contributed by atoms with Crippen molar-refractivity contribution in [3.05, 3.63) is 29.6 Å². The maximum Gasteiger partial charge on any atom is 0.241 e. The van der Waals surface area contributed by atoms with E-state index in [-0.39, 0.29) is 10.9 Å². The molecule has 0 spiro atoms. The van der Waals surface area contributed by atoms with E-state index >= 15 is 0 Å². The van der Waals surface area contributed by atoms with E-state index in [1.165, 1.54) is 24.6 Å². The molecule has 5 heteroatoms. The van der Waals surface area contributed by atoms with Crippen LogP contribution in [0.5, 0.6) is 0 Å². The van der Waals surface area contributed by atoms with E-state index in [0.717, 1.165) is 19.3 Å². The molecule has 0 aromatic heterocycles. The molecular formula is C14H18FNO2S. The minimum atomic E-state index is -3.53. The molecular weight excluding hydrogens is 265 g/mol. The van der Waals surface area contributed by atoms with Crippen molar-refractivity contribution in [3.8, 4) is 0 Å². The van der Waals surface area contributed by atoms with Crippen molar-refractivity contribution in [1.82, 2.24) is 4.72 Å². The third-order valence-corrected chi connectivity index (χ3v) is 6.12. The second kappa shape index (κ2) is 4.56. The number of hydrogen-bond donors (Lipinski definition) is 1. The molecule has 1 aromatic rings. The van der Waals surface area contributed by atoms with Gasteiger partial charge in [-0.05, 0) is 61.8 Å². The van der Waals surface area contributed by atoms with Gasteiger partial charge >= 0.3 is 0 Å². The Labute approximate surface area is 113 Å². The van der Waals surface area contributed by atoms with E-state index in [1.807, 2.05) is 0 Å². The molecule has 0 aliphatic heterocycles. The number of aryl methyl sites for hydroxylation is 1. The molecule has 1 aromatic carbocycles. The van der Waals surface area contributed by atoms with Gasteiger partial charge in [0.05, 0.1) is 4.90 Å². The molecule has 2 aliphatic rings. The lowest BCUT2D eigenvalue weighted by Gasteiger charge is -2.23. The summed E-state index contributed by atoms with van der Waals surface area (Å²) in [6.45, 7) is 1.62. The van der Waals surface area contributed by atoms with E-state index in [9.17, 15) is 12.8 Å². The Morgan fingerprint density at radius 1 is 1.26 bits per heavy atom. The highest BCUT2D eigenvalue weighted by molar-refractivity contribution is 7.89. The summed E-state index contributed by atoms with van der Waals surface area (Å²) in [5, 5.41) is 0. The maximum absolute atomic E-state index is 13.0. The second-order valence-electron chi connectivity index (χ2n) is 5.81. The van der Waals surface area contributed by atoms with Crippen molar-refractivity contribution in [2.45, 2.75) is 43.5 Å². The van der Waals surface area contributed by atoms with Gasteiger partial charge in [0, 0.05) is 6.04 Å². The molecule has 2 aliphatic carbocycles. The van der Waals surface area contributed by atoms with Gasteiger partial charge in [-0.25, -0.2) is 17.5 Å². The third-order valence-electron chi connectivity index (χ3n) is 4.47. The molecule has 3 rings (SSSR count). The molecule has 1 N–H and O–H groups in total. The van der Waals surface area contributed by atoms with Crippen molar-refractivity contribution >= 4 is 10.0 Å². The molecule has 0 radical (unpaired) electrons. The normalized spacial score (nSPS) is 29.9. The minimum absolute atomic E-state index is 0.0632. The van der Waals surface area contributed by atoms with Gasteiger partial charge < -0.3 is 0 Å². The van der Waals surface area contributed by atoms with E-state index in [1.54, 1.807) is 6.92 Å². The summed E-state index contributed by atoms with van der Waals surface area (Å²) in [5.74, 6) is 0.768. The maximum atomic E-state index is 13.0. The Balaban J connectivity index is 1.83. The summed E-state index contributed by atoms with van der Waals surface area (Å²) >= 11 is 0. The molecule has 0 unspecified atom stereocenters. The minimum Gasteiger partial charge on any atom is -0.208 e. The van der Waals surface area contributed by atoms with Crippen LogP contribution in [-0.2, 0) is 10.0 Å². The number of benzene rings is 1. The molecule has 0 saturated heterocycles. The zero-order chi connectivity index (χ0) is 13.6. The first-order valence-corrected chi connectivity index (χ1v) is 8.22. The molecule has 2 bridgehead atoms. The van der Waals surface area contributed by atoms with Crippen LogP contribution in [0.15, 0.2) is 23.1 Å². The summed E-state index contributed by atoms with van der Waals surface area (Å²) in [7, 11) is -3.53. The van der Waals surface area contributed by atoms with Gasteiger partial charge in [-0.3, -0.25) is 0 Å². The van der Waals surface area contributed by atoms with Gasteiger partial charge in [0.1, 0.15) is 5.82 Å². The lowest BCUT2D eigenvalue weighted by molar-refractivity contribution is 0.390. The van der Waals surface area contributed by atoms with Gasteiger partial charge in [-0.15, -0.1) is 0 Å². The fraction of sp³-hybridized carbons (Fsp3) is 0.571. The highest BCUT2D eigenvalue weighted by atomic mass is 32.2. The monoisotopic (exact) mass is 283 g/mol. The number of rotatable bonds is 3. The van der Waals surface area contributed by atoms with Crippen molar-refractivity contribution in [3.63, 3.8) is 0 Å². The molecule has 3 atom stereocenters. The van der Waals surface area contributed by atoms with Gasteiger partial charge in [-0.2, -0.15) is 0 Å². The first-order valence-electron chi connectivity index (χ1n) is 6.74. The Kier molecular flexibility index (Phi) is 3.14. The van der Waals surface area contributed by atoms with Crippen molar-refractivity contribution < 1.29 is 12.8 Å². The number of halogens is 1. The van der Waals surface area contributed by atoms with Crippen LogP contribution in [0.1, 0.15) is 31.2 Å². The standard InChI is InChI=1S/C14H18FNO2S/c1-9-6-12(15)4-5-14(9)19(17,18)16-13-8-10-2-3-11(13)7-10/h4-6,10-11,13,16H,2-3,7-8H2,1H3/t10-,11-,13-/m1/s1. The van der Waals surface area contributed by atoms with Gasteiger partial charge in [0.15, 0.2) is 0 Å². The Hall–Kier alpha value is -0.940. The van der Waals surface area contributed by atoms with Crippen LogP contribution >= 0.6 is 0 Å². The largest absolute Gasteiger partial charge is 0.241 e. The Bertz CT molecular complexity index is 599. The molecule has 0 heterocycles. The predicted molar refractivity (Wildman–Crippen MR) is 70.7 cm³/mol. The SMILES string of the molecule is Cc1cc(F)ccc1S(=O)(=O)N[C@@H]1C[C@@H]2CC[C@@H]1C2. The lowest BCUT2D eigenvalue weighted by atomic mass is 9.96. The second-order valence-corrected chi connectivity index (χ2v) is 7.49. The highest BCUT2D eigenvalue weighted by Gasteiger charge is 2.41. The summed E-state index contributed by atoms with van der Waals surface area (Å²) < 4.78 is 40.6.